The number of nitrogens with zero attached hydrogens (tertiary/aromatic N) is 4. The van der Waals surface area contributed by atoms with Gasteiger partial charge in [0.05, 0.1) is 12.0 Å². The van der Waals surface area contributed by atoms with Crippen molar-refractivity contribution >= 4 is 51.4 Å². The topological polar surface area (TPSA) is 92.4 Å². The van der Waals surface area contributed by atoms with Crippen LogP contribution >= 0.6 is 39.3 Å². The average molecular weight is 543 g/mol. The zero-order chi connectivity index (χ0) is 23.2. The summed E-state index contributed by atoms with van der Waals surface area (Å²) in [7, 11) is 0. The van der Waals surface area contributed by atoms with Gasteiger partial charge in [0.2, 0.25) is 0 Å². The predicted octanol–water partition coefficient (Wildman–Crippen LogP) is 5.30. The van der Waals surface area contributed by atoms with Gasteiger partial charge in [0, 0.05) is 26.3 Å². The number of phenolic OH excluding ortho intramolecular Hbond substituents is 1. The molecule has 3 aromatic carbocycles. The molecular formula is C23H17BrClN5O2S. The molecule has 0 aliphatic carbocycles. The zero-order valence-electron chi connectivity index (χ0n) is 17.0. The van der Waals surface area contributed by atoms with E-state index in [4.69, 9.17) is 11.6 Å². The third-order valence-corrected chi connectivity index (χ3v) is 6.10. The fourth-order valence-electron chi connectivity index (χ4n) is 2.95. The van der Waals surface area contributed by atoms with Crippen LogP contribution in [0.5, 0.6) is 5.75 Å². The lowest BCUT2D eigenvalue weighted by atomic mass is 10.2. The second kappa shape index (κ2) is 10.7. The summed E-state index contributed by atoms with van der Waals surface area (Å²) in [6, 6.07) is 22.1. The molecule has 1 heterocycles. The molecule has 1 amide bonds. The number of aromatic nitrogens is 3. The van der Waals surface area contributed by atoms with E-state index in [9.17, 15) is 9.90 Å². The van der Waals surface area contributed by atoms with Crippen molar-refractivity contribution in [2.75, 3.05) is 5.75 Å². The summed E-state index contributed by atoms with van der Waals surface area (Å²) in [6.45, 7) is 0. The number of benzene rings is 3. The maximum Gasteiger partial charge on any atom is 0.250 e. The van der Waals surface area contributed by atoms with E-state index in [1.54, 1.807) is 12.1 Å². The number of phenols is 1. The lowest BCUT2D eigenvalue weighted by Gasteiger charge is -2.10. The Bertz CT molecular complexity index is 1310. The van der Waals surface area contributed by atoms with E-state index >= 15 is 0 Å². The number of hydrogen-bond donors (Lipinski definition) is 2. The lowest BCUT2D eigenvalue weighted by Crippen LogP contribution is -2.20. The normalized spacial score (nSPS) is 11.1. The van der Waals surface area contributed by atoms with Gasteiger partial charge in [-0.2, -0.15) is 5.10 Å². The van der Waals surface area contributed by atoms with Gasteiger partial charge < -0.3 is 5.11 Å². The van der Waals surface area contributed by atoms with Crippen molar-refractivity contribution in [2.24, 2.45) is 5.10 Å². The summed E-state index contributed by atoms with van der Waals surface area (Å²) < 4.78 is 2.84. The minimum Gasteiger partial charge on any atom is -0.507 e. The lowest BCUT2D eigenvalue weighted by molar-refractivity contribution is -0.118. The smallest absolute Gasteiger partial charge is 0.250 e. The van der Waals surface area contributed by atoms with Crippen LogP contribution in [-0.2, 0) is 4.79 Å². The van der Waals surface area contributed by atoms with Crippen LogP contribution in [0.3, 0.4) is 0 Å². The zero-order valence-corrected chi connectivity index (χ0v) is 20.2. The first-order chi connectivity index (χ1) is 16.0. The average Bonchev–Trinajstić information content (AvgIpc) is 3.24. The molecule has 0 unspecified atom stereocenters. The van der Waals surface area contributed by atoms with E-state index in [0.717, 1.165) is 15.7 Å². The standard InChI is InChI=1S/C23H17BrClN5O2S/c24-17-6-4-5-15(11-17)22-28-29-23(30(22)19-7-2-1-3-8-19)33-14-21(32)27-26-13-16-12-18(25)9-10-20(16)31/h1-13,31H,14H2,(H,27,32)/b26-13-. The van der Waals surface area contributed by atoms with Gasteiger partial charge in [-0.15, -0.1) is 10.2 Å². The fraction of sp³-hybridized carbons (Fsp3) is 0.0435. The molecule has 33 heavy (non-hydrogen) atoms. The fourth-order valence-corrected chi connectivity index (χ4v) is 4.28. The number of hydrogen-bond acceptors (Lipinski definition) is 6. The molecule has 0 spiro atoms. The molecule has 4 rings (SSSR count). The van der Waals surface area contributed by atoms with Crippen molar-refractivity contribution in [1.82, 2.24) is 20.2 Å². The maximum atomic E-state index is 12.3. The molecule has 1 aromatic heterocycles. The van der Waals surface area contributed by atoms with Crippen LogP contribution in [0.1, 0.15) is 5.56 Å². The number of nitrogens with one attached hydrogen (secondary N) is 1. The Labute approximate surface area is 207 Å². The summed E-state index contributed by atoms with van der Waals surface area (Å²) in [6.07, 6.45) is 1.33. The Morgan fingerprint density at radius 1 is 1.12 bits per heavy atom. The second-order valence-corrected chi connectivity index (χ2v) is 9.07. The Balaban J connectivity index is 1.50. The first kappa shape index (κ1) is 23.0. The third-order valence-electron chi connectivity index (χ3n) is 4.45. The Morgan fingerprint density at radius 2 is 1.94 bits per heavy atom. The van der Waals surface area contributed by atoms with E-state index in [0.29, 0.717) is 21.6 Å². The van der Waals surface area contributed by atoms with Crippen molar-refractivity contribution in [2.45, 2.75) is 5.16 Å². The maximum absolute atomic E-state index is 12.3. The largest absolute Gasteiger partial charge is 0.507 e. The van der Waals surface area contributed by atoms with Crippen molar-refractivity contribution in [3.8, 4) is 22.8 Å². The van der Waals surface area contributed by atoms with Crippen LogP contribution in [0, 0.1) is 0 Å². The van der Waals surface area contributed by atoms with E-state index < -0.39 is 0 Å². The summed E-state index contributed by atoms with van der Waals surface area (Å²) in [4.78, 5) is 12.3. The molecule has 7 nitrogen and oxygen atoms in total. The minimum atomic E-state index is -0.329. The molecule has 0 saturated heterocycles. The number of hydrazone groups is 1. The number of para-hydroxylation sites is 1. The highest BCUT2D eigenvalue weighted by Gasteiger charge is 2.17. The van der Waals surface area contributed by atoms with E-state index in [-0.39, 0.29) is 17.4 Å². The summed E-state index contributed by atoms with van der Waals surface area (Å²) in [5.41, 5.74) is 4.62. The van der Waals surface area contributed by atoms with Crippen LogP contribution in [0.4, 0.5) is 0 Å². The van der Waals surface area contributed by atoms with Crippen LogP contribution in [0.25, 0.3) is 17.1 Å². The molecule has 2 N–H and O–H groups in total. The van der Waals surface area contributed by atoms with Gasteiger partial charge >= 0.3 is 0 Å². The Hall–Kier alpha value is -3.14. The molecule has 0 saturated carbocycles. The second-order valence-electron chi connectivity index (χ2n) is 6.77. The van der Waals surface area contributed by atoms with Gasteiger partial charge in [0.25, 0.3) is 5.91 Å². The van der Waals surface area contributed by atoms with E-state index in [1.807, 2.05) is 59.2 Å². The van der Waals surface area contributed by atoms with Crippen molar-refractivity contribution < 1.29 is 9.90 Å². The third kappa shape index (κ3) is 5.81. The summed E-state index contributed by atoms with van der Waals surface area (Å²) in [5.74, 6) is 0.426. The minimum absolute atomic E-state index is 0.0165. The van der Waals surface area contributed by atoms with Gasteiger partial charge in [-0.1, -0.05) is 69.6 Å². The highest BCUT2D eigenvalue weighted by molar-refractivity contribution is 9.10. The van der Waals surface area contributed by atoms with Crippen LogP contribution < -0.4 is 5.43 Å². The van der Waals surface area contributed by atoms with Crippen LogP contribution in [0.2, 0.25) is 5.02 Å². The van der Waals surface area contributed by atoms with Gasteiger partial charge in [-0.3, -0.25) is 9.36 Å². The predicted molar refractivity (Wildman–Crippen MR) is 134 cm³/mol. The van der Waals surface area contributed by atoms with Gasteiger partial charge in [-0.05, 0) is 42.5 Å². The Morgan fingerprint density at radius 3 is 2.73 bits per heavy atom. The molecule has 0 bridgehead atoms. The number of carbonyl (C=O) groups is 1. The SMILES string of the molecule is O=C(CSc1nnc(-c2cccc(Br)c2)n1-c1ccccc1)N/N=C\c1cc(Cl)ccc1O. The van der Waals surface area contributed by atoms with E-state index in [1.165, 1.54) is 24.0 Å². The molecule has 0 aliphatic rings. The van der Waals surface area contributed by atoms with Gasteiger partial charge in [-0.25, -0.2) is 5.43 Å². The van der Waals surface area contributed by atoms with Gasteiger partial charge in [0.1, 0.15) is 5.75 Å². The summed E-state index contributed by atoms with van der Waals surface area (Å²) in [5, 5.41) is 23.4. The molecule has 0 radical (unpaired) electrons. The highest BCUT2D eigenvalue weighted by atomic mass is 79.9. The van der Waals surface area contributed by atoms with Crippen molar-refractivity contribution in [3.63, 3.8) is 0 Å². The summed E-state index contributed by atoms with van der Waals surface area (Å²) >= 11 is 10.7. The number of carbonyl (C=O) groups excluding carboxylic acids is 1. The molecular weight excluding hydrogens is 526 g/mol. The first-order valence-electron chi connectivity index (χ1n) is 9.71. The number of rotatable bonds is 7. The van der Waals surface area contributed by atoms with Crippen LogP contribution in [-0.4, -0.2) is 37.7 Å². The monoisotopic (exact) mass is 541 g/mol. The van der Waals surface area contributed by atoms with Crippen LogP contribution in [0.15, 0.2) is 87.5 Å². The van der Waals surface area contributed by atoms with Crippen molar-refractivity contribution in [3.05, 3.63) is 87.9 Å². The number of thioether (sulfide) groups is 1. The number of amides is 1. The molecule has 4 aromatic rings. The molecule has 0 atom stereocenters. The number of aromatic hydroxyl groups is 1. The molecule has 10 heteroatoms. The Kier molecular flexibility index (Phi) is 7.43. The highest BCUT2D eigenvalue weighted by Crippen LogP contribution is 2.29. The van der Waals surface area contributed by atoms with Crippen molar-refractivity contribution in [1.29, 1.82) is 0 Å². The van der Waals surface area contributed by atoms with E-state index in [2.05, 4.69) is 36.7 Å². The molecule has 166 valence electrons. The quantitative estimate of drug-likeness (QED) is 0.188. The first-order valence-corrected chi connectivity index (χ1v) is 11.9. The molecule has 0 fully saturated rings. The molecule has 0 aliphatic heterocycles. The van der Waals surface area contributed by atoms with Gasteiger partial charge in [0.15, 0.2) is 11.0 Å². The number of halogens is 2.